The van der Waals surface area contributed by atoms with Crippen LogP contribution in [0.5, 0.6) is 0 Å². The van der Waals surface area contributed by atoms with Gasteiger partial charge in [0.1, 0.15) is 0 Å². The van der Waals surface area contributed by atoms with Gasteiger partial charge in [0.2, 0.25) is 0 Å². The average Bonchev–Trinajstić information content (AvgIpc) is 2.83. The molecule has 19 heavy (non-hydrogen) atoms. The molecule has 4 nitrogen and oxygen atoms in total. The molecule has 0 aliphatic rings. The molecule has 1 unspecified atom stereocenters. The largest absolute Gasteiger partial charge is 0.323 e. The van der Waals surface area contributed by atoms with Gasteiger partial charge in [-0.25, -0.2) is 13.5 Å². The lowest BCUT2D eigenvalue weighted by atomic mass is 10.1. The molecule has 1 atom stereocenters. The third-order valence-electron chi connectivity index (χ3n) is 2.86. The van der Waals surface area contributed by atoms with E-state index >= 15 is 0 Å². The zero-order valence-corrected chi connectivity index (χ0v) is 10.7. The first-order valence-electron chi connectivity index (χ1n) is 6.19. The second kappa shape index (κ2) is 5.88. The Morgan fingerprint density at radius 1 is 1.32 bits per heavy atom. The van der Waals surface area contributed by atoms with Gasteiger partial charge >= 0.3 is 0 Å². The van der Waals surface area contributed by atoms with Crippen LogP contribution in [0.3, 0.4) is 0 Å². The lowest BCUT2D eigenvalue weighted by molar-refractivity contribution is 0.505. The molecule has 0 fully saturated rings. The zero-order chi connectivity index (χ0) is 13.8. The van der Waals surface area contributed by atoms with Gasteiger partial charge in [-0.2, -0.15) is 0 Å². The first-order valence-corrected chi connectivity index (χ1v) is 6.19. The van der Waals surface area contributed by atoms with Crippen molar-refractivity contribution >= 4 is 0 Å². The van der Waals surface area contributed by atoms with Crippen LogP contribution < -0.4 is 5.73 Å². The van der Waals surface area contributed by atoms with Gasteiger partial charge < -0.3 is 5.73 Å². The van der Waals surface area contributed by atoms with Crippen LogP contribution in [0.4, 0.5) is 8.78 Å². The first-order chi connectivity index (χ1) is 9.10. The van der Waals surface area contributed by atoms with E-state index in [0.29, 0.717) is 17.8 Å². The lowest BCUT2D eigenvalue weighted by Crippen LogP contribution is -2.10. The molecule has 1 aromatic heterocycles. The summed E-state index contributed by atoms with van der Waals surface area (Å²) in [5.74, 6) is -1.71. The molecule has 2 aromatic rings. The number of benzene rings is 1. The molecule has 0 amide bonds. The highest BCUT2D eigenvalue weighted by Gasteiger charge is 2.10. The van der Waals surface area contributed by atoms with E-state index in [1.807, 2.05) is 6.92 Å². The van der Waals surface area contributed by atoms with Crippen molar-refractivity contribution in [2.45, 2.75) is 32.4 Å². The van der Waals surface area contributed by atoms with E-state index in [2.05, 4.69) is 10.3 Å². The number of nitrogens with two attached hydrogens (primary N) is 1. The van der Waals surface area contributed by atoms with Crippen molar-refractivity contribution < 1.29 is 8.78 Å². The number of aromatic nitrogens is 3. The van der Waals surface area contributed by atoms with Crippen molar-refractivity contribution in [3.05, 3.63) is 47.3 Å². The van der Waals surface area contributed by atoms with E-state index in [4.69, 9.17) is 5.73 Å². The Labute approximate surface area is 110 Å². The van der Waals surface area contributed by atoms with Crippen LogP contribution in [0.2, 0.25) is 0 Å². The molecular weight excluding hydrogens is 250 g/mol. The van der Waals surface area contributed by atoms with Crippen molar-refractivity contribution in [1.29, 1.82) is 0 Å². The fourth-order valence-corrected chi connectivity index (χ4v) is 1.84. The topological polar surface area (TPSA) is 56.7 Å². The fraction of sp³-hybridized carbons (Fsp3) is 0.385. The maximum atomic E-state index is 13.1. The van der Waals surface area contributed by atoms with E-state index in [-0.39, 0.29) is 6.04 Å². The molecular formula is C13H16F2N4. The van der Waals surface area contributed by atoms with Crippen LogP contribution in [0, 0.1) is 11.6 Å². The van der Waals surface area contributed by atoms with Gasteiger partial charge in [-0.1, -0.05) is 24.6 Å². The lowest BCUT2D eigenvalue weighted by Gasteiger charge is -2.04. The number of hydrogen-bond acceptors (Lipinski definition) is 3. The van der Waals surface area contributed by atoms with Gasteiger partial charge in [-0.3, -0.25) is 0 Å². The summed E-state index contributed by atoms with van der Waals surface area (Å²) in [5.41, 5.74) is 7.27. The highest BCUT2D eigenvalue weighted by Crippen LogP contribution is 2.13. The van der Waals surface area contributed by atoms with Gasteiger partial charge in [0.05, 0.1) is 24.5 Å². The molecule has 0 bridgehead atoms. The van der Waals surface area contributed by atoms with Crippen LogP contribution in [-0.2, 0) is 6.54 Å². The minimum Gasteiger partial charge on any atom is -0.323 e. The molecule has 0 saturated heterocycles. The molecule has 1 aromatic carbocycles. The zero-order valence-electron chi connectivity index (χ0n) is 10.7. The van der Waals surface area contributed by atoms with Crippen LogP contribution in [-0.4, -0.2) is 15.0 Å². The predicted molar refractivity (Wildman–Crippen MR) is 67.3 cm³/mol. The summed E-state index contributed by atoms with van der Waals surface area (Å²) in [4.78, 5) is 0. The summed E-state index contributed by atoms with van der Waals surface area (Å²) in [6, 6.07) is 3.64. The Bertz CT molecular complexity index is 553. The van der Waals surface area contributed by atoms with E-state index in [1.165, 1.54) is 6.07 Å². The molecule has 0 saturated carbocycles. The molecule has 6 heteroatoms. The van der Waals surface area contributed by atoms with Crippen molar-refractivity contribution in [1.82, 2.24) is 15.0 Å². The van der Waals surface area contributed by atoms with Crippen molar-refractivity contribution in [2.75, 3.05) is 0 Å². The molecule has 0 aliphatic carbocycles. The third-order valence-corrected chi connectivity index (χ3v) is 2.86. The normalized spacial score (nSPS) is 12.6. The van der Waals surface area contributed by atoms with Crippen LogP contribution in [0.25, 0.3) is 0 Å². The molecule has 2 rings (SSSR count). The molecule has 0 aliphatic heterocycles. The Morgan fingerprint density at radius 2 is 2.11 bits per heavy atom. The summed E-state index contributed by atoms with van der Waals surface area (Å²) < 4.78 is 27.4. The van der Waals surface area contributed by atoms with Crippen LogP contribution in [0.15, 0.2) is 24.4 Å². The molecule has 1 heterocycles. The van der Waals surface area contributed by atoms with Gasteiger partial charge in [0.25, 0.3) is 0 Å². The predicted octanol–water partition coefficient (Wildman–Crippen LogP) is 2.40. The Balaban J connectivity index is 2.09. The molecule has 0 spiro atoms. The smallest absolute Gasteiger partial charge is 0.159 e. The van der Waals surface area contributed by atoms with E-state index in [0.717, 1.165) is 25.0 Å². The van der Waals surface area contributed by atoms with Crippen molar-refractivity contribution in [2.24, 2.45) is 5.73 Å². The summed E-state index contributed by atoms with van der Waals surface area (Å²) in [5, 5.41) is 7.93. The maximum absolute atomic E-state index is 13.1. The summed E-state index contributed by atoms with van der Waals surface area (Å²) in [6.45, 7) is 2.38. The van der Waals surface area contributed by atoms with Gasteiger partial charge in [0, 0.05) is 0 Å². The standard InChI is InChI=1S/C13H16F2N4/c1-2-3-12(16)13-8-19(18-17-13)7-9-4-5-10(14)11(15)6-9/h4-6,8,12H,2-3,7,16H2,1H3. The number of nitrogens with zero attached hydrogens (tertiary/aromatic N) is 3. The van der Waals surface area contributed by atoms with Gasteiger partial charge in [-0.05, 0) is 24.1 Å². The van der Waals surface area contributed by atoms with E-state index in [1.54, 1.807) is 10.9 Å². The summed E-state index contributed by atoms with van der Waals surface area (Å²) in [6.07, 6.45) is 3.54. The number of halogens is 2. The second-order valence-electron chi connectivity index (χ2n) is 4.48. The van der Waals surface area contributed by atoms with E-state index < -0.39 is 11.6 Å². The minimum absolute atomic E-state index is 0.135. The van der Waals surface area contributed by atoms with E-state index in [9.17, 15) is 8.78 Å². The highest BCUT2D eigenvalue weighted by molar-refractivity contribution is 5.18. The summed E-state index contributed by atoms with van der Waals surface area (Å²) >= 11 is 0. The third kappa shape index (κ3) is 3.35. The minimum atomic E-state index is -0.861. The Kier molecular flexibility index (Phi) is 4.21. The monoisotopic (exact) mass is 266 g/mol. The quantitative estimate of drug-likeness (QED) is 0.904. The molecule has 102 valence electrons. The second-order valence-corrected chi connectivity index (χ2v) is 4.48. The summed E-state index contributed by atoms with van der Waals surface area (Å²) in [7, 11) is 0. The Hall–Kier alpha value is -1.82. The van der Waals surface area contributed by atoms with Gasteiger partial charge in [0.15, 0.2) is 11.6 Å². The number of rotatable bonds is 5. The Morgan fingerprint density at radius 3 is 2.79 bits per heavy atom. The van der Waals surface area contributed by atoms with Gasteiger partial charge in [-0.15, -0.1) is 5.10 Å². The highest BCUT2D eigenvalue weighted by atomic mass is 19.2. The SMILES string of the molecule is CCCC(N)c1cn(Cc2ccc(F)c(F)c2)nn1. The van der Waals surface area contributed by atoms with Crippen molar-refractivity contribution in [3.8, 4) is 0 Å². The number of hydrogen-bond donors (Lipinski definition) is 1. The maximum Gasteiger partial charge on any atom is 0.159 e. The van der Waals surface area contributed by atoms with Crippen molar-refractivity contribution in [3.63, 3.8) is 0 Å². The van der Waals surface area contributed by atoms with Crippen LogP contribution in [0.1, 0.15) is 37.1 Å². The molecule has 0 radical (unpaired) electrons. The fourth-order valence-electron chi connectivity index (χ4n) is 1.84. The first kappa shape index (κ1) is 13.6. The van der Waals surface area contributed by atoms with Crippen LogP contribution >= 0.6 is 0 Å². The molecule has 2 N–H and O–H groups in total. The average molecular weight is 266 g/mol.